The van der Waals surface area contributed by atoms with Crippen LogP contribution < -0.4 is 0 Å². The van der Waals surface area contributed by atoms with Crippen LogP contribution in [0.2, 0.25) is 0 Å². The van der Waals surface area contributed by atoms with Gasteiger partial charge in [0.15, 0.2) is 21.5 Å². The number of thiazole rings is 2. The first-order chi connectivity index (χ1) is 11.2. The predicted octanol–water partition coefficient (Wildman–Crippen LogP) is 3.58. The lowest BCUT2D eigenvalue weighted by Gasteiger charge is -1.96. The van der Waals surface area contributed by atoms with E-state index in [1.807, 2.05) is 29.6 Å². The first-order valence-electron chi connectivity index (χ1n) is 6.59. The molecule has 3 heterocycles. The minimum absolute atomic E-state index is 0.0514. The quantitative estimate of drug-likeness (QED) is 0.613. The summed E-state index contributed by atoms with van der Waals surface area (Å²) in [7, 11) is 0. The molecule has 1 aromatic carbocycles. The van der Waals surface area contributed by atoms with E-state index in [2.05, 4.69) is 19.9 Å². The Hall–Kier alpha value is -2.71. The van der Waals surface area contributed by atoms with Crippen LogP contribution in [-0.4, -0.2) is 31.0 Å². The summed E-state index contributed by atoms with van der Waals surface area (Å²) in [5, 5.41) is 12.4. The molecule has 4 aromatic rings. The van der Waals surface area contributed by atoms with E-state index >= 15 is 0 Å². The highest BCUT2D eigenvalue weighted by molar-refractivity contribution is 7.25. The highest BCUT2D eigenvalue weighted by Crippen LogP contribution is 2.33. The van der Waals surface area contributed by atoms with Gasteiger partial charge < -0.3 is 5.11 Å². The molecule has 6 nitrogen and oxygen atoms in total. The third kappa shape index (κ3) is 2.58. The maximum absolute atomic E-state index is 11.0. The van der Waals surface area contributed by atoms with E-state index in [0.29, 0.717) is 11.5 Å². The highest BCUT2D eigenvalue weighted by Gasteiger charge is 2.14. The molecular formula is C15H8N4O2S2. The molecule has 1 N–H and O–H groups in total. The Morgan fingerprint density at radius 2 is 1.91 bits per heavy atom. The molecule has 3 aromatic heterocycles. The number of carboxylic acid groups (broad SMARTS) is 1. The lowest BCUT2D eigenvalue weighted by Crippen LogP contribution is -2.02. The van der Waals surface area contributed by atoms with E-state index in [1.54, 1.807) is 11.3 Å². The number of aromatic carboxylic acids is 1. The molecule has 0 saturated carbocycles. The molecule has 0 aliphatic rings. The molecule has 0 unspecified atom stereocenters. The summed E-state index contributed by atoms with van der Waals surface area (Å²) in [6.45, 7) is 0. The van der Waals surface area contributed by atoms with Crippen molar-refractivity contribution >= 4 is 38.9 Å². The van der Waals surface area contributed by atoms with Gasteiger partial charge in [-0.3, -0.25) is 0 Å². The Kier molecular flexibility index (Phi) is 3.32. The van der Waals surface area contributed by atoms with Gasteiger partial charge >= 0.3 is 5.97 Å². The minimum Gasteiger partial charge on any atom is -0.477 e. The van der Waals surface area contributed by atoms with Gasteiger partial charge in [0.2, 0.25) is 0 Å². The van der Waals surface area contributed by atoms with E-state index < -0.39 is 5.97 Å². The fourth-order valence-electron chi connectivity index (χ4n) is 2.04. The van der Waals surface area contributed by atoms with Crippen molar-refractivity contribution in [1.29, 1.82) is 0 Å². The average molecular weight is 340 g/mol. The molecule has 0 amide bonds. The second kappa shape index (κ2) is 5.49. The first kappa shape index (κ1) is 13.9. The van der Waals surface area contributed by atoms with Crippen molar-refractivity contribution in [2.45, 2.75) is 0 Å². The molecule has 0 aliphatic heterocycles. The maximum Gasteiger partial charge on any atom is 0.354 e. The summed E-state index contributed by atoms with van der Waals surface area (Å²) in [4.78, 5) is 28.2. The van der Waals surface area contributed by atoms with Crippen LogP contribution in [0.5, 0.6) is 0 Å². The van der Waals surface area contributed by atoms with Crippen molar-refractivity contribution in [1.82, 2.24) is 19.9 Å². The SMILES string of the molecule is O=C(O)c1ccnc(-c2csc(-c3nc4ccccc4s3)n2)n1. The number of fused-ring (bicyclic) bond motifs is 1. The van der Waals surface area contributed by atoms with Crippen LogP contribution in [-0.2, 0) is 0 Å². The molecule has 0 aliphatic carbocycles. The van der Waals surface area contributed by atoms with Crippen LogP contribution in [0.15, 0.2) is 41.9 Å². The van der Waals surface area contributed by atoms with Gasteiger partial charge in [0.05, 0.1) is 10.2 Å². The fraction of sp³-hybridized carbons (Fsp3) is 0. The molecule has 0 bridgehead atoms. The maximum atomic E-state index is 11.0. The van der Waals surface area contributed by atoms with E-state index in [9.17, 15) is 4.79 Å². The summed E-state index contributed by atoms with van der Waals surface area (Å²) >= 11 is 3.01. The molecule has 4 rings (SSSR count). The van der Waals surface area contributed by atoms with Crippen LogP contribution in [0.4, 0.5) is 0 Å². The minimum atomic E-state index is -1.09. The van der Waals surface area contributed by atoms with Crippen molar-refractivity contribution in [3.05, 3.63) is 47.6 Å². The Bertz CT molecular complexity index is 992. The zero-order valence-electron chi connectivity index (χ0n) is 11.5. The molecule has 0 spiro atoms. The predicted molar refractivity (Wildman–Crippen MR) is 88.7 cm³/mol. The molecule has 0 fully saturated rings. The molecule has 0 radical (unpaired) electrons. The summed E-state index contributed by atoms with van der Waals surface area (Å²) < 4.78 is 1.10. The normalized spacial score (nSPS) is 11.0. The number of hydrogen-bond donors (Lipinski definition) is 1. The lowest BCUT2D eigenvalue weighted by molar-refractivity contribution is 0.0690. The van der Waals surface area contributed by atoms with Gasteiger partial charge in [-0.25, -0.2) is 24.7 Å². The van der Waals surface area contributed by atoms with Crippen LogP contribution in [0.3, 0.4) is 0 Å². The largest absolute Gasteiger partial charge is 0.477 e. The molecule has 112 valence electrons. The number of hydrogen-bond acceptors (Lipinski definition) is 7. The number of benzene rings is 1. The van der Waals surface area contributed by atoms with Gasteiger partial charge in [0, 0.05) is 11.6 Å². The fourth-order valence-corrected chi connectivity index (χ4v) is 3.84. The Labute approximate surface area is 138 Å². The topological polar surface area (TPSA) is 88.9 Å². The Morgan fingerprint density at radius 3 is 2.74 bits per heavy atom. The third-order valence-electron chi connectivity index (χ3n) is 3.08. The highest BCUT2D eigenvalue weighted by atomic mass is 32.1. The van der Waals surface area contributed by atoms with E-state index in [4.69, 9.17) is 5.11 Å². The zero-order valence-corrected chi connectivity index (χ0v) is 13.1. The third-order valence-corrected chi connectivity index (χ3v) is 5.11. The van der Waals surface area contributed by atoms with Crippen molar-refractivity contribution < 1.29 is 9.90 Å². The Balaban J connectivity index is 1.74. The van der Waals surface area contributed by atoms with Crippen molar-refractivity contribution in [3.8, 4) is 21.5 Å². The molecule has 0 saturated heterocycles. The summed E-state index contributed by atoms with van der Waals surface area (Å²) in [5.74, 6) is -0.788. The summed E-state index contributed by atoms with van der Waals surface area (Å²) in [5.41, 5.74) is 1.44. The molecule has 0 atom stereocenters. The van der Waals surface area contributed by atoms with E-state index in [-0.39, 0.29) is 5.69 Å². The second-order valence-corrected chi connectivity index (χ2v) is 6.48. The molecular weight excluding hydrogens is 332 g/mol. The van der Waals surface area contributed by atoms with Crippen LogP contribution in [0.1, 0.15) is 10.5 Å². The van der Waals surface area contributed by atoms with Crippen LogP contribution >= 0.6 is 22.7 Å². The van der Waals surface area contributed by atoms with Gasteiger partial charge in [-0.2, -0.15) is 0 Å². The average Bonchev–Trinajstić information content (AvgIpc) is 3.21. The van der Waals surface area contributed by atoms with Crippen LogP contribution in [0.25, 0.3) is 31.8 Å². The number of carboxylic acids is 1. The molecule has 8 heteroatoms. The number of nitrogens with zero attached hydrogens (tertiary/aromatic N) is 4. The zero-order chi connectivity index (χ0) is 15.8. The number of rotatable bonds is 3. The first-order valence-corrected chi connectivity index (χ1v) is 8.28. The summed E-state index contributed by atoms with van der Waals surface area (Å²) in [6, 6.07) is 9.26. The summed E-state index contributed by atoms with van der Waals surface area (Å²) in [6.07, 6.45) is 1.42. The van der Waals surface area contributed by atoms with Gasteiger partial charge in [-0.1, -0.05) is 12.1 Å². The number of carbonyl (C=O) groups is 1. The number of para-hydroxylation sites is 1. The Morgan fingerprint density at radius 1 is 1.04 bits per heavy atom. The smallest absolute Gasteiger partial charge is 0.354 e. The van der Waals surface area contributed by atoms with Gasteiger partial charge in [-0.15, -0.1) is 22.7 Å². The van der Waals surface area contributed by atoms with Gasteiger partial charge in [-0.05, 0) is 18.2 Å². The standard InChI is InChI=1S/C15H8N4O2S2/c20-15(21)9-5-6-16-12(17-9)10-7-22-13(19-10)14-18-8-3-1-2-4-11(8)23-14/h1-7H,(H,20,21). The van der Waals surface area contributed by atoms with Crippen molar-refractivity contribution in [2.24, 2.45) is 0 Å². The van der Waals surface area contributed by atoms with Crippen LogP contribution in [0, 0.1) is 0 Å². The van der Waals surface area contributed by atoms with Gasteiger partial charge in [0.1, 0.15) is 5.69 Å². The van der Waals surface area contributed by atoms with E-state index in [1.165, 1.54) is 23.6 Å². The monoisotopic (exact) mass is 340 g/mol. The second-order valence-electron chi connectivity index (χ2n) is 4.60. The molecule has 23 heavy (non-hydrogen) atoms. The van der Waals surface area contributed by atoms with Crippen molar-refractivity contribution in [3.63, 3.8) is 0 Å². The van der Waals surface area contributed by atoms with Gasteiger partial charge in [0.25, 0.3) is 0 Å². The van der Waals surface area contributed by atoms with Crippen molar-refractivity contribution in [2.75, 3.05) is 0 Å². The van der Waals surface area contributed by atoms with E-state index in [0.717, 1.165) is 20.2 Å². The number of aromatic nitrogens is 4. The lowest BCUT2D eigenvalue weighted by atomic mass is 10.3.